The van der Waals surface area contributed by atoms with Gasteiger partial charge in [0.25, 0.3) is 5.91 Å². The highest BCUT2D eigenvalue weighted by Gasteiger charge is 2.29. The predicted octanol–water partition coefficient (Wildman–Crippen LogP) is 2.74. The molecule has 0 spiro atoms. The lowest BCUT2D eigenvalue weighted by molar-refractivity contribution is 0.0950. The van der Waals surface area contributed by atoms with Crippen molar-refractivity contribution in [3.05, 3.63) is 70.3 Å². The topological polar surface area (TPSA) is 83.5 Å². The number of carbonyl (C=O) groups is 3. The molecule has 0 aliphatic heterocycles. The summed E-state index contributed by atoms with van der Waals surface area (Å²) in [6.45, 7) is 0.731. The Hall–Kier alpha value is -2.79. The summed E-state index contributed by atoms with van der Waals surface area (Å²) in [4.78, 5) is 37.6. The van der Waals surface area contributed by atoms with Crippen molar-refractivity contribution in [1.82, 2.24) is 5.32 Å². The van der Waals surface area contributed by atoms with Crippen molar-refractivity contribution in [1.29, 1.82) is 0 Å². The third-order valence-corrected chi connectivity index (χ3v) is 4.56. The molecule has 0 unspecified atom stereocenters. The molecule has 0 bridgehead atoms. The summed E-state index contributed by atoms with van der Waals surface area (Å²) in [5.74, 6) is -0.672. The van der Waals surface area contributed by atoms with Crippen LogP contribution < -0.4 is 5.32 Å². The van der Waals surface area contributed by atoms with Gasteiger partial charge in [0.2, 0.25) is 0 Å². The van der Waals surface area contributed by atoms with Gasteiger partial charge >= 0.3 is 0 Å². The Morgan fingerprint density at radius 2 is 1.42 bits per heavy atom. The molecule has 0 radical (unpaired) electrons. The lowest BCUT2D eigenvalue weighted by Gasteiger charge is -2.17. The lowest BCUT2D eigenvalue weighted by Crippen LogP contribution is -2.26. The molecule has 1 amide bonds. The van der Waals surface area contributed by atoms with Gasteiger partial charge in [-0.1, -0.05) is 37.1 Å². The molecule has 0 saturated heterocycles. The number of rotatable bonds is 7. The monoisotopic (exact) mass is 351 g/mol. The van der Waals surface area contributed by atoms with Crippen LogP contribution in [0.2, 0.25) is 0 Å². The number of aliphatic hydroxyl groups is 1. The fourth-order valence-corrected chi connectivity index (χ4v) is 3.13. The van der Waals surface area contributed by atoms with Gasteiger partial charge in [0.15, 0.2) is 11.6 Å². The van der Waals surface area contributed by atoms with E-state index in [9.17, 15) is 14.4 Å². The van der Waals surface area contributed by atoms with Crippen LogP contribution >= 0.6 is 0 Å². The molecule has 0 atom stereocenters. The molecule has 3 rings (SSSR count). The zero-order chi connectivity index (χ0) is 18.5. The first-order valence-electron chi connectivity index (χ1n) is 8.85. The summed E-state index contributed by atoms with van der Waals surface area (Å²) in [5.41, 5.74) is 1.79. The van der Waals surface area contributed by atoms with Crippen LogP contribution in [0.4, 0.5) is 0 Å². The van der Waals surface area contributed by atoms with Gasteiger partial charge in [0, 0.05) is 41.0 Å². The first kappa shape index (κ1) is 18.0. The summed E-state index contributed by atoms with van der Waals surface area (Å²) in [6, 6.07) is 11.4. The van der Waals surface area contributed by atoms with E-state index in [-0.39, 0.29) is 29.6 Å². The van der Waals surface area contributed by atoms with E-state index >= 15 is 0 Å². The highest BCUT2D eigenvalue weighted by Crippen LogP contribution is 2.27. The molecule has 0 saturated carbocycles. The number of ketones is 2. The molecule has 134 valence electrons. The average molecular weight is 351 g/mol. The van der Waals surface area contributed by atoms with Crippen molar-refractivity contribution >= 4 is 17.5 Å². The molecule has 0 fully saturated rings. The third-order valence-electron chi connectivity index (χ3n) is 4.56. The SMILES string of the molecule is O=C(NCCCCCCO)c1ccc2c(c1)C(=O)c1ccccc1C2=O. The van der Waals surface area contributed by atoms with Crippen molar-refractivity contribution in [3.63, 3.8) is 0 Å². The van der Waals surface area contributed by atoms with Crippen molar-refractivity contribution in [2.75, 3.05) is 13.2 Å². The van der Waals surface area contributed by atoms with Crippen molar-refractivity contribution in [2.24, 2.45) is 0 Å². The number of amides is 1. The second-order valence-electron chi connectivity index (χ2n) is 6.36. The van der Waals surface area contributed by atoms with E-state index in [2.05, 4.69) is 5.32 Å². The van der Waals surface area contributed by atoms with Crippen molar-refractivity contribution in [3.8, 4) is 0 Å². The molecule has 2 aromatic rings. The summed E-state index contributed by atoms with van der Waals surface area (Å²) in [7, 11) is 0. The zero-order valence-corrected chi connectivity index (χ0v) is 14.5. The van der Waals surface area contributed by atoms with Crippen molar-refractivity contribution in [2.45, 2.75) is 25.7 Å². The standard InChI is InChI=1S/C21H21NO4/c23-12-6-2-1-5-11-22-21(26)14-9-10-17-18(13-14)20(25)16-8-4-3-7-15(16)19(17)24/h3-4,7-10,13,23H,1-2,5-6,11-12H2,(H,22,26). The minimum absolute atomic E-state index is 0.189. The maximum absolute atomic E-state index is 12.7. The smallest absolute Gasteiger partial charge is 0.251 e. The maximum Gasteiger partial charge on any atom is 0.251 e. The summed E-state index contributed by atoms with van der Waals surface area (Å²) < 4.78 is 0. The van der Waals surface area contributed by atoms with Gasteiger partial charge in [-0.05, 0) is 31.0 Å². The summed E-state index contributed by atoms with van der Waals surface area (Å²) in [6.07, 6.45) is 3.48. The Bertz CT molecular complexity index is 857. The Balaban J connectivity index is 1.72. The van der Waals surface area contributed by atoms with Crippen LogP contribution in [-0.2, 0) is 0 Å². The fraction of sp³-hybridized carbons (Fsp3) is 0.286. The lowest BCUT2D eigenvalue weighted by atomic mass is 9.83. The van der Waals surface area contributed by atoms with Gasteiger partial charge < -0.3 is 10.4 Å². The highest BCUT2D eigenvalue weighted by atomic mass is 16.3. The Morgan fingerprint density at radius 1 is 0.808 bits per heavy atom. The van der Waals surface area contributed by atoms with E-state index in [1.807, 2.05) is 0 Å². The van der Waals surface area contributed by atoms with E-state index in [0.29, 0.717) is 28.8 Å². The molecule has 26 heavy (non-hydrogen) atoms. The first-order valence-corrected chi connectivity index (χ1v) is 8.85. The van der Waals surface area contributed by atoms with Crippen LogP contribution in [0.5, 0.6) is 0 Å². The first-order chi connectivity index (χ1) is 12.6. The predicted molar refractivity (Wildman–Crippen MR) is 97.6 cm³/mol. The molecule has 2 N–H and O–H groups in total. The molecule has 0 aromatic heterocycles. The van der Waals surface area contributed by atoms with Gasteiger partial charge in [0.1, 0.15) is 0 Å². The highest BCUT2D eigenvalue weighted by molar-refractivity contribution is 6.28. The molecule has 5 heteroatoms. The number of benzene rings is 2. The van der Waals surface area contributed by atoms with Gasteiger partial charge in [-0.3, -0.25) is 14.4 Å². The van der Waals surface area contributed by atoms with E-state index in [0.717, 1.165) is 25.7 Å². The van der Waals surface area contributed by atoms with Crippen LogP contribution in [0, 0.1) is 0 Å². The van der Waals surface area contributed by atoms with Gasteiger partial charge in [0.05, 0.1) is 0 Å². The fourth-order valence-electron chi connectivity index (χ4n) is 3.13. The number of hydrogen-bond acceptors (Lipinski definition) is 4. The van der Waals surface area contributed by atoms with E-state index in [1.165, 1.54) is 6.07 Å². The van der Waals surface area contributed by atoms with E-state index < -0.39 is 0 Å². The average Bonchev–Trinajstić information content (AvgIpc) is 2.68. The van der Waals surface area contributed by atoms with E-state index in [1.54, 1.807) is 36.4 Å². The number of unbranched alkanes of at least 4 members (excludes halogenated alkanes) is 3. The van der Waals surface area contributed by atoms with Gasteiger partial charge in [-0.2, -0.15) is 0 Å². The Labute approximate surface area is 152 Å². The Kier molecular flexibility index (Phi) is 5.58. The molecular formula is C21H21NO4. The quantitative estimate of drug-likeness (QED) is 0.641. The van der Waals surface area contributed by atoms with Crippen LogP contribution in [0.1, 0.15) is 67.9 Å². The number of fused-ring (bicyclic) bond motifs is 2. The largest absolute Gasteiger partial charge is 0.396 e. The minimum atomic E-state index is -0.255. The number of nitrogens with one attached hydrogen (secondary N) is 1. The summed E-state index contributed by atoms with van der Waals surface area (Å²) >= 11 is 0. The summed E-state index contributed by atoms with van der Waals surface area (Å²) in [5, 5.41) is 11.6. The number of hydrogen-bond donors (Lipinski definition) is 2. The molecule has 1 aliphatic carbocycles. The van der Waals surface area contributed by atoms with E-state index in [4.69, 9.17) is 5.11 Å². The molecular weight excluding hydrogens is 330 g/mol. The minimum Gasteiger partial charge on any atom is -0.396 e. The molecule has 2 aromatic carbocycles. The number of carbonyl (C=O) groups excluding carboxylic acids is 3. The molecule has 1 aliphatic rings. The van der Waals surface area contributed by atoms with Gasteiger partial charge in [-0.25, -0.2) is 0 Å². The second kappa shape index (κ2) is 8.06. The zero-order valence-electron chi connectivity index (χ0n) is 14.5. The molecule has 5 nitrogen and oxygen atoms in total. The van der Waals surface area contributed by atoms with Crippen LogP contribution in [0.3, 0.4) is 0 Å². The maximum atomic E-state index is 12.7. The van der Waals surface area contributed by atoms with Crippen LogP contribution in [0.25, 0.3) is 0 Å². The van der Waals surface area contributed by atoms with Crippen molar-refractivity contribution < 1.29 is 19.5 Å². The third kappa shape index (κ3) is 3.58. The normalized spacial score (nSPS) is 12.5. The molecule has 0 heterocycles. The van der Waals surface area contributed by atoms with Crippen LogP contribution in [-0.4, -0.2) is 35.7 Å². The number of aliphatic hydroxyl groups excluding tert-OH is 1. The van der Waals surface area contributed by atoms with Gasteiger partial charge in [-0.15, -0.1) is 0 Å². The van der Waals surface area contributed by atoms with Crippen LogP contribution in [0.15, 0.2) is 42.5 Å². The Morgan fingerprint density at radius 3 is 2.12 bits per heavy atom. The second-order valence-corrected chi connectivity index (χ2v) is 6.36.